The van der Waals surface area contributed by atoms with Crippen molar-refractivity contribution in [1.29, 1.82) is 0 Å². The number of unbranched alkanes of at least 4 members (excludes halogenated alkanes) is 7. The summed E-state index contributed by atoms with van der Waals surface area (Å²) in [4.78, 5) is 25.6. The average molecular weight is 604 g/mol. The number of hydrogen-bond acceptors (Lipinski definition) is 7. The molecule has 42 heavy (non-hydrogen) atoms. The second kappa shape index (κ2) is 16.4. The first-order chi connectivity index (χ1) is 20.2. The monoisotopic (exact) mass is 603 g/mol. The Morgan fingerprint density at radius 2 is 1.67 bits per heavy atom. The summed E-state index contributed by atoms with van der Waals surface area (Å²) in [6.07, 6.45) is 9.37. The van der Waals surface area contributed by atoms with Crippen LogP contribution in [0.4, 0.5) is 0 Å². The van der Waals surface area contributed by atoms with E-state index in [2.05, 4.69) is 27.5 Å². The smallest absolute Gasteiger partial charge is 0.307 e. The van der Waals surface area contributed by atoms with Crippen LogP contribution in [-0.2, 0) is 19.7 Å². The van der Waals surface area contributed by atoms with E-state index < -0.39 is 17.5 Å². The van der Waals surface area contributed by atoms with E-state index in [0.29, 0.717) is 34.4 Å². The number of H-pyrrole nitrogens is 1. The number of esters is 1. The highest BCUT2D eigenvalue weighted by molar-refractivity contribution is 6.34. The predicted octanol–water partition coefficient (Wildman–Crippen LogP) is 6.33. The Balaban J connectivity index is 1.47. The van der Waals surface area contributed by atoms with Crippen molar-refractivity contribution in [3.63, 3.8) is 0 Å². The van der Waals surface area contributed by atoms with E-state index in [1.807, 2.05) is 20.8 Å². The highest BCUT2D eigenvalue weighted by atomic mass is 35.5. The molecule has 0 saturated carbocycles. The summed E-state index contributed by atoms with van der Waals surface area (Å²) in [5.74, 6) is 1.26. The molecule has 3 rings (SSSR count). The van der Waals surface area contributed by atoms with E-state index in [9.17, 15) is 9.59 Å². The molecule has 232 valence electrons. The van der Waals surface area contributed by atoms with Crippen molar-refractivity contribution in [2.75, 3.05) is 20.3 Å². The van der Waals surface area contributed by atoms with Gasteiger partial charge in [-0.15, -0.1) is 10.2 Å². The summed E-state index contributed by atoms with van der Waals surface area (Å²) in [5, 5.41) is 14.9. The van der Waals surface area contributed by atoms with Crippen LogP contribution in [0, 0.1) is 6.92 Å². The van der Waals surface area contributed by atoms with Crippen LogP contribution in [0.15, 0.2) is 24.3 Å². The van der Waals surface area contributed by atoms with Crippen LogP contribution in [0.1, 0.15) is 96.5 Å². The molecule has 1 amide bonds. The molecule has 0 aliphatic rings. The van der Waals surface area contributed by atoms with Crippen LogP contribution in [0.3, 0.4) is 0 Å². The standard InChI is InChI=1S/C31H46ClN5O5/c1-6-7-8-9-10-11-12-13-14-25(42-24-17-15-23(40-5)16-18-24)29(39)33-20-19-26(38)41-21-31(3,4)30-35-34-28-27(32)22(2)36-37(28)30/h15-18,25,36H,6-14,19-21H2,1-5H3,(H,33,39). The fraction of sp³-hybridized carbons (Fsp3) is 0.613. The maximum atomic E-state index is 13.1. The number of fused-ring (bicyclic) bond motifs is 1. The van der Waals surface area contributed by atoms with Crippen molar-refractivity contribution < 1.29 is 23.8 Å². The van der Waals surface area contributed by atoms with Gasteiger partial charge in [0.2, 0.25) is 0 Å². The Labute approximate surface area is 253 Å². The fourth-order valence-corrected chi connectivity index (χ4v) is 4.84. The first-order valence-corrected chi connectivity index (χ1v) is 15.4. The Morgan fingerprint density at radius 3 is 2.33 bits per heavy atom. The lowest BCUT2D eigenvalue weighted by molar-refractivity contribution is -0.145. The number of halogens is 1. The van der Waals surface area contributed by atoms with Gasteiger partial charge < -0.3 is 19.5 Å². The molecule has 1 unspecified atom stereocenters. The highest BCUT2D eigenvalue weighted by Crippen LogP contribution is 2.27. The quantitative estimate of drug-likeness (QED) is 0.121. The number of methoxy groups -OCH3 is 1. The van der Waals surface area contributed by atoms with E-state index in [1.165, 1.54) is 32.1 Å². The van der Waals surface area contributed by atoms with Crippen LogP contribution < -0.4 is 14.8 Å². The summed E-state index contributed by atoms with van der Waals surface area (Å²) in [6, 6.07) is 7.18. The minimum Gasteiger partial charge on any atom is -0.497 e. The second-order valence-electron chi connectivity index (χ2n) is 11.4. The Hall–Kier alpha value is -3.27. The van der Waals surface area contributed by atoms with Crippen molar-refractivity contribution >= 4 is 29.1 Å². The van der Waals surface area contributed by atoms with Gasteiger partial charge in [-0.05, 0) is 57.9 Å². The molecule has 0 spiro atoms. The molecular weight excluding hydrogens is 558 g/mol. The normalized spacial score (nSPS) is 12.3. The second-order valence-corrected chi connectivity index (χ2v) is 11.7. The summed E-state index contributed by atoms with van der Waals surface area (Å²) in [5.41, 5.74) is 0.694. The lowest BCUT2D eigenvalue weighted by Gasteiger charge is -2.22. The van der Waals surface area contributed by atoms with Gasteiger partial charge in [-0.2, -0.15) is 0 Å². The molecule has 2 aromatic heterocycles. The number of aromatic nitrogens is 4. The number of carbonyl (C=O) groups excluding carboxylic acids is 2. The Morgan fingerprint density at radius 1 is 1.02 bits per heavy atom. The molecule has 0 bridgehead atoms. The molecule has 1 aromatic carbocycles. The molecule has 2 N–H and O–H groups in total. The SMILES string of the molecule is CCCCCCCCCCC(Oc1ccc(OC)cc1)C(=O)NCCC(=O)OCC(C)(C)c1nnc2c(Cl)c(C)[nH]n12. The highest BCUT2D eigenvalue weighted by Gasteiger charge is 2.30. The lowest BCUT2D eigenvalue weighted by atomic mass is 9.94. The van der Waals surface area contributed by atoms with Gasteiger partial charge in [0.25, 0.3) is 5.91 Å². The average Bonchev–Trinajstić information content (AvgIpc) is 3.52. The maximum Gasteiger partial charge on any atom is 0.307 e. The summed E-state index contributed by atoms with van der Waals surface area (Å²) in [7, 11) is 1.60. The Kier molecular flexibility index (Phi) is 13.0. The third kappa shape index (κ3) is 9.64. The van der Waals surface area contributed by atoms with Crippen molar-refractivity contribution in [1.82, 2.24) is 25.1 Å². The van der Waals surface area contributed by atoms with Gasteiger partial charge in [0.05, 0.1) is 24.6 Å². The van der Waals surface area contributed by atoms with E-state index in [1.54, 1.807) is 35.9 Å². The number of benzene rings is 1. The summed E-state index contributed by atoms with van der Waals surface area (Å²) in [6.45, 7) is 8.14. The van der Waals surface area contributed by atoms with Crippen molar-refractivity contribution in [3.8, 4) is 11.5 Å². The van der Waals surface area contributed by atoms with Crippen LogP contribution in [0.25, 0.3) is 5.65 Å². The number of aryl methyl sites for hydroxylation is 1. The zero-order chi connectivity index (χ0) is 30.5. The van der Waals surface area contributed by atoms with Crippen LogP contribution in [0.5, 0.6) is 11.5 Å². The molecule has 0 aliphatic heterocycles. The summed E-state index contributed by atoms with van der Waals surface area (Å²) < 4.78 is 18.5. The molecular formula is C31H46ClN5O5. The largest absolute Gasteiger partial charge is 0.497 e. The van der Waals surface area contributed by atoms with Crippen molar-refractivity contribution in [2.24, 2.45) is 0 Å². The number of amides is 1. The minimum absolute atomic E-state index is 0.0392. The van der Waals surface area contributed by atoms with Crippen molar-refractivity contribution in [3.05, 3.63) is 40.8 Å². The van der Waals surface area contributed by atoms with Gasteiger partial charge in [0.15, 0.2) is 17.6 Å². The maximum absolute atomic E-state index is 13.1. The molecule has 2 heterocycles. The van der Waals surface area contributed by atoms with Gasteiger partial charge in [-0.3, -0.25) is 14.7 Å². The molecule has 1 atom stereocenters. The fourth-order valence-electron chi connectivity index (χ4n) is 4.68. The van der Waals surface area contributed by atoms with Crippen molar-refractivity contribution in [2.45, 2.75) is 103 Å². The number of ether oxygens (including phenoxy) is 3. The van der Waals surface area contributed by atoms with Crippen LogP contribution in [0.2, 0.25) is 5.02 Å². The van der Waals surface area contributed by atoms with E-state index >= 15 is 0 Å². The van der Waals surface area contributed by atoms with Gasteiger partial charge in [-0.25, -0.2) is 4.52 Å². The van der Waals surface area contributed by atoms with Gasteiger partial charge in [-0.1, -0.05) is 63.5 Å². The number of nitrogens with zero attached hydrogens (tertiary/aromatic N) is 3. The first-order valence-electron chi connectivity index (χ1n) is 15.0. The van der Waals surface area contributed by atoms with Gasteiger partial charge in [0.1, 0.15) is 23.1 Å². The molecule has 0 fully saturated rings. The van der Waals surface area contributed by atoms with Crippen LogP contribution in [-0.4, -0.2) is 58.1 Å². The molecule has 0 radical (unpaired) electrons. The zero-order valence-corrected chi connectivity index (χ0v) is 26.4. The Bertz CT molecular complexity index is 1270. The predicted molar refractivity (Wildman–Crippen MR) is 163 cm³/mol. The molecule has 11 heteroatoms. The topological polar surface area (TPSA) is 120 Å². The van der Waals surface area contributed by atoms with E-state index in [-0.39, 0.29) is 25.5 Å². The molecule has 0 aliphatic carbocycles. The lowest BCUT2D eigenvalue weighted by Crippen LogP contribution is -2.39. The third-order valence-electron chi connectivity index (χ3n) is 7.25. The summed E-state index contributed by atoms with van der Waals surface area (Å²) >= 11 is 6.27. The molecule has 0 saturated heterocycles. The van der Waals surface area contributed by atoms with Gasteiger partial charge >= 0.3 is 5.97 Å². The first kappa shape index (κ1) is 33.2. The van der Waals surface area contributed by atoms with Crippen LogP contribution >= 0.6 is 11.6 Å². The number of aromatic amines is 1. The van der Waals surface area contributed by atoms with E-state index in [4.69, 9.17) is 25.8 Å². The number of carbonyl (C=O) groups is 2. The third-order valence-corrected chi connectivity index (χ3v) is 7.70. The van der Waals surface area contributed by atoms with Gasteiger partial charge in [0, 0.05) is 6.54 Å². The van der Waals surface area contributed by atoms with E-state index in [0.717, 1.165) is 25.0 Å². The molecule has 10 nitrogen and oxygen atoms in total. The minimum atomic E-state index is -0.653. The number of nitrogens with one attached hydrogen (secondary N) is 2. The number of hydrogen-bond donors (Lipinski definition) is 2. The molecule has 3 aromatic rings. The zero-order valence-electron chi connectivity index (χ0n) is 25.6. The number of rotatable bonds is 19.